The summed E-state index contributed by atoms with van der Waals surface area (Å²) in [5, 5.41) is 6.17. The third kappa shape index (κ3) is 2.78. The van der Waals surface area contributed by atoms with Crippen LogP contribution < -0.4 is 5.32 Å². The molecule has 0 bridgehead atoms. The van der Waals surface area contributed by atoms with Crippen LogP contribution in [0.15, 0.2) is 24.5 Å². The number of rotatable bonds is 3. The highest BCUT2D eigenvalue weighted by molar-refractivity contribution is 6.32. The highest BCUT2D eigenvalue weighted by Gasteiger charge is 2.41. The molecule has 2 aromatic heterocycles. The standard InChI is InChI=1S/C13H10ClF3N4O/c14-9-2-1-5-18-11(9)21-10(13(15,16)17)8(6-19-21)12(22)20-7-3-4-7/h1-2,5-7H,3-4H2,(H,20,22). The van der Waals surface area contributed by atoms with Crippen LogP contribution in [0.3, 0.4) is 0 Å². The number of pyridine rings is 1. The second-order valence-corrected chi connectivity index (χ2v) is 5.28. The summed E-state index contributed by atoms with van der Waals surface area (Å²) < 4.78 is 40.6. The first-order valence-electron chi connectivity index (χ1n) is 6.45. The number of aromatic nitrogens is 3. The number of carbonyl (C=O) groups excluding carboxylic acids is 1. The van der Waals surface area contributed by atoms with Crippen LogP contribution in [0.5, 0.6) is 0 Å². The molecule has 2 heterocycles. The zero-order valence-corrected chi connectivity index (χ0v) is 11.8. The maximum Gasteiger partial charge on any atom is 0.434 e. The van der Waals surface area contributed by atoms with E-state index in [1.165, 1.54) is 18.3 Å². The van der Waals surface area contributed by atoms with Gasteiger partial charge in [0, 0.05) is 12.2 Å². The number of nitrogens with zero attached hydrogens (tertiary/aromatic N) is 3. The van der Waals surface area contributed by atoms with Crippen LogP contribution in [0, 0.1) is 0 Å². The Bertz CT molecular complexity index is 724. The summed E-state index contributed by atoms with van der Waals surface area (Å²) in [6, 6.07) is 2.83. The van der Waals surface area contributed by atoms with Crippen LogP contribution in [0.2, 0.25) is 5.02 Å². The molecule has 0 aromatic carbocycles. The van der Waals surface area contributed by atoms with E-state index in [9.17, 15) is 18.0 Å². The summed E-state index contributed by atoms with van der Waals surface area (Å²) in [5.41, 5.74) is -1.73. The van der Waals surface area contributed by atoms with Crippen molar-refractivity contribution in [3.63, 3.8) is 0 Å². The molecule has 116 valence electrons. The lowest BCUT2D eigenvalue weighted by atomic mass is 10.2. The van der Waals surface area contributed by atoms with E-state index in [2.05, 4.69) is 15.4 Å². The van der Waals surface area contributed by atoms with Gasteiger partial charge in [-0.25, -0.2) is 9.67 Å². The Hall–Kier alpha value is -2.09. The largest absolute Gasteiger partial charge is 0.434 e. The van der Waals surface area contributed by atoms with Gasteiger partial charge in [0.2, 0.25) is 0 Å². The molecule has 0 aliphatic heterocycles. The van der Waals surface area contributed by atoms with Crippen molar-refractivity contribution < 1.29 is 18.0 Å². The van der Waals surface area contributed by atoms with Crippen molar-refractivity contribution in [1.82, 2.24) is 20.1 Å². The van der Waals surface area contributed by atoms with Crippen molar-refractivity contribution in [2.45, 2.75) is 25.1 Å². The van der Waals surface area contributed by atoms with Crippen molar-refractivity contribution in [3.05, 3.63) is 40.8 Å². The van der Waals surface area contributed by atoms with Crippen LogP contribution in [-0.2, 0) is 6.18 Å². The number of carbonyl (C=O) groups is 1. The number of halogens is 4. The molecule has 1 aliphatic carbocycles. The molecule has 0 unspecified atom stereocenters. The molecule has 1 fully saturated rings. The number of hydrogen-bond donors (Lipinski definition) is 1. The van der Waals surface area contributed by atoms with E-state index >= 15 is 0 Å². The average Bonchev–Trinajstić information content (AvgIpc) is 3.13. The van der Waals surface area contributed by atoms with Crippen LogP contribution in [0.25, 0.3) is 5.82 Å². The van der Waals surface area contributed by atoms with Crippen LogP contribution >= 0.6 is 11.6 Å². The molecule has 1 saturated carbocycles. The van der Waals surface area contributed by atoms with E-state index in [0.29, 0.717) is 4.68 Å². The monoisotopic (exact) mass is 330 g/mol. The summed E-state index contributed by atoms with van der Waals surface area (Å²) in [6.07, 6.45) is -1.05. The molecule has 1 N–H and O–H groups in total. The Labute approximate surface area is 128 Å². The topological polar surface area (TPSA) is 59.8 Å². The number of nitrogens with one attached hydrogen (secondary N) is 1. The van der Waals surface area contributed by atoms with Crippen molar-refractivity contribution in [2.75, 3.05) is 0 Å². The third-order valence-electron chi connectivity index (χ3n) is 3.13. The number of alkyl halides is 3. The van der Waals surface area contributed by atoms with E-state index in [4.69, 9.17) is 11.6 Å². The second kappa shape index (κ2) is 5.28. The first-order valence-corrected chi connectivity index (χ1v) is 6.82. The van der Waals surface area contributed by atoms with Crippen molar-refractivity contribution in [2.24, 2.45) is 0 Å². The minimum absolute atomic E-state index is 0.00486. The highest BCUT2D eigenvalue weighted by Crippen LogP contribution is 2.34. The zero-order chi connectivity index (χ0) is 15.9. The maximum atomic E-state index is 13.4. The maximum absolute atomic E-state index is 13.4. The molecule has 22 heavy (non-hydrogen) atoms. The Kier molecular flexibility index (Phi) is 3.56. The van der Waals surface area contributed by atoms with Gasteiger partial charge in [-0.2, -0.15) is 18.3 Å². The number of amides is 1. The Morgan fingerprint density at radius 2 is 2.14 bits per heavy atom. The molecule has 2 aromatic rings. The molecule has 0 atom stereocenters. The van der Waals surface area contributed by atoms with Gasteiger partial charge in [0.15, 0.2) is 11.5 Å². The molecule has 1 aliphatic rings. The lowest BCUT2D eigenvalue weighted by Crippen LogP contribution is -2.28. The van der Waals surface area contributed by atoms with Gasteiger partial charge in [-0.1, -0.05) is 11.6 Å². The molecule has 0 saturated heterocycles. The van der Waals surface area contributed by atoms with Crippen molar-refractivity contribution in [1.29, 1.82) is 0 Å². The van der Waals surface area contributed by atoms with Gasteiger partial charge >= 0.3 is 6.18 Å². The predicted molar refractivity (Wildman–Crippen MR) is 71.9 cm³/mol. The molecule has 0 radical (unpaired) electrons. The van der Waals surface area contributed by atoms with Gasteiger partial charge in [-0.05, 0) is 25.0 Å². The zero-order valence-electron chi connectivity index (χ0n) is 11.1. The second-order valence-electron chi connectivity index (χ2n) is 4.87. The fourth-order valence-electron chi connectivity index (χ4n) is 1.97. The van der Waals surface area contributed by atoms with E-state index < -0.39 is 23.3 Å². The van der Waals surface area contributed by atoms with Gasteiger partial charge in [0.05, 0.1) is 16.8 Å². The normalized spacial score (nSPS) is 14.9. The molecule has 5 nitrogen and oxygen atoms in total. The number of hydrogen-bond acceptors (Lipinski definition) is 3. The molecule has 3 rings (SSSR count). The smallest absolute Gasteiger partial charge is 0.349 e. The minimum Gasteiger partial charge on any atom is -0.349 e. The summed E-state index contributed by atoms with van der Waals surface area (Å²) in [5.74, 6) is -0.977. The lowest BCUT2D eigenvalue weighted by molar-refractivity contribution is -0.143. The minimum atomic E-state index is -4.77. The average molecular weight is 331 g/mol. The summed E-state index contributed by atoms with van der Waals surface area (Å²) in [7, 11) is 0. The first-order chi connectivity index (χ1) is 10.4. The fraction of sp³-hybridized carbons (Fsp3) is 0.308. The highest BCUT2D eigenvalue weighted by atomic mass is 35.5. The predicted octanol–water partition coefficient (Wildman–Crippen LogP) is 2.83. The van der Waals surface area contributed by atoms with Crippen LogP contribution in [0.4, 0.5) is 13.2 Å². The summed E-state index contributed by atoms with van der Waals surface area (Å²) in [4.78, 5) is 15.8. The summed E-state index contributed by atoms with van der Waals surface area (Å²) >= 11 is 5.87. The van der Waals surface area contributed by atoms with Gasteiger partial charge in [-0.3, -0.25) is 4.79 Å². The van der Waals surface area contributed by atoms with Gasteiger partial charge in [0.1, 0.15) is 0 Å². The van der Waals surface area contributed by atoms with Gasteiger partial charge in [-0.15, -0.1) is 0 Å². The van der Waals surface area contributed by atoms with Crippen molar-refractivity contribution >= 4 is 17.5 Å². The van der Waals surface area contributed by atoms with E-state index in [1.54, 1.807) is 0 Å². The van der Waals surface area contributed by atoms with Gasteiger partial charge in [0.25, 0.3) is 5.91 Å². The third-order valence-corrected chi connectivity index (χ3v) is 3.43. The van der Waals surface area contributed by atoms with Crippen LogP contribution in [0.1, 0.15) is 28.9 Å². The fourth-order valence-corrected chi connectivity index (χ4v) is 2.17. The molecule has 0 spiro atoms. The summed E-state index contributed by atoms with van der Waals surface area (Å²) in [6.45, 7) is 0. The van der Waals surface area contributed by atoms with E-state index in [1.807, 2.05) is 0 Å². The quantitative estimate of drug-likeness (QED) is 0.941. The molecular weight excluding hydrogens is 321 g/mol. The Morgan fingerprint density at radius 3 is 2.73 bits per heavy atom. The van der Waals surface area contributed by atoms with Gasteiger partial charge < -0.3 is 5.32 Å². The Morgan fingerprint density at radius 1 is 1.41 bits per heavy atom. The Balaban J connectivity index is 2.09. The first kappa shape index (κ1) is 14.8. The lowest BCUT2D eigenvalue weighted by Gasteiger charge is -2.12. The van der Waals surface area contributed by atoms with Crippen molar-refractivity contribution in [3.8, 4) is 5.82 Å². The van der Waals surface area contributed by atoms with E-state index in [0.717, 1.165) is 19.0 Å². The molecule has 1 amide bonds. The van der Waals surface area contributed by atoms with E-state index in [-0.39, 0.29) is 16.9 Å². The molecule has 9 heteroatoms. The van der Waals surface area contributed by atoms with Crippen LogP contribution in [-0.4, -0.2) is 26.7 Å². The SMILES string of the molecule is O=C(NC1CC1)c1cnn(-c2ncccc2Cl)c1C(F)(F)F. The molecular formula is C13H10ClF3N4O.